The second kappa shape index (κ2) is 9.45. The first kappa shape index (κ1) is 22.4. The molecule has 0 amide bonds. The zero-order valence-corrected chi connectivity index (χ0v) is 20.1. The molecule has 0 radical (unpaired) electrons. The van der Waals surface area contributed by atoms with Gasteiger partial charge in [0.25, 0.3) is 0 Å². The fourth-order valence-electron chi connectivity index (χ4n) is 5.29. The Balaban J connectivity index is 1.60. The van der Waals surface area contributed by atoms with Crippen molar-refractivity contribution in [2.75, 3.05) is 7.11 Å². The van der Waals surface area contributed by atoms with Crippen LogP contribution in [0.4, 0.5) is 0 Å². The summed E-state index contributed by atoms with van der Waals surface area (Å²) in [6.45, 7) is 4.90. The molecule has 0 bridgehead atoms. The number of aromatic nitrogens is 3. The summed E-state index contributed by atoms with van der Waals surface area (Å²) in [7, 11) is 1.40. The number of benzene rings is 1. The van der Waals surface area contributed by atoms with Crippen LogP contribution in [-0.2, 0) is 11.3 Å². The molecule has 34 heavy (non-hydrogen) atoms. The predicted octanol–water partition coefficient (Wildman–Crippen LogP) is 6.73. The first-order valence-corrected chi connectivity index (χ1v) is 12.2. The summed E-state index contributed by atoms with van der Waals surface area (Å²) in [5.41, 5.74) is 7.65. The molecule has 0 spiro atoms. The predicted molar refractivity (Wildman–Crippen MR) is 133 cm³/mol. The molecule has 0 aliphatic heterocycles. The summed E-state index contributed by atoms with van der Waals surface area (Å²) < 4.78 is 12.6. The number of pyridine rings is 1. The van der Waals surface area contributed by atoms with Gasteiger partial charge in [0.2, 0.25) is 0 Å². The van der Waals surface area contributed by atoms with Gasteiger partial charge in [-0.05, 0) is 56.4 Å². The molecule has 1 aliphatic rings. The number of rotatable bonds is 5. The second-order valence-corrected chi connectivity index (χ2v) is 9.41. The lowest BCUT2D eigenvalue weighted by molar-refractivity contribution is 0.0600. The van der Waals surface area contributed by atoms with Crippen LogP contribution in [0.15, 0.2) is 47.2 Å². The first-order valence-electron chi connectivity index (χ1n) is 12.2. The molecule has 4 aromatic rings. The van der Waals surface area contributed by atoms with E-state index >= 15 is 0 Å². The van der Waals surface area contributed by atoms with E-state index in [4.69, 9.17) is 14.2 Å². The summed E-state index contributed by atoms with van der Waals surface area (Å²) in [6, 6.07) is 9.79. The normalized spacial score (nSPS) is 14.9. The zero-order chi connectivity index (χ0) is 23.7. The summed E-state index contributed by atoms with van der Waals surface area (Å²) in [5.74, 6) is 1.15. The van der Waals surface area contributed by atoms with Gasteiger partial charge < -0.3 is 13.8 Å². The third-order valence-electron chi connectivity index (χ3n) is 7.09. The summed E-state index contributed by atoms with van der Waals surface area (Å²) in [4.78, 5) is 16.8. The molecule has 0 N–H and O–H groups in total. The largest absolute Gasteiger partial charge is 0.465 e. The molecule has 1 aromatic carbocycles. The molecule has 176 valence electrons. The van der Waals surface area contributed by atoms with Crippen molar-refractivity contribution in [3.05, 3.63) is 59.7 Å². The molecule has 0 atom stereocenters. The van der Waals surface area contributed by atoms with Gasteiger partial charge in [0, 0.05) is 35.6 Å². The van der Waals surface area contributed by atoms with Crippen LogP contribution < -0.4 is 0 Å². The van der Waals surface area contributed by atoms with Crippen LogP contribution in [0.5, 0.6) is 0 Å². The Bertz CT molecular complexity index is 1290. The molecular formula is C28H31N3O3. The smallest absolute Gasteiger partial charge is 0.337 e. The van der Waals surface area contributed by atoms with Gasteiger partial charge in [-0.3, -0.25) is 4.98 Å². The van der Waals surface area contributed by atoms with E-state index in [0.717, 1.165) is 51.3 Å². The minimum absolute atomic E-state index is 0.329. The Morgan fingerprint density at radius 1 is 1.09 bits per heavy atom. The molecule has 1 aliphatic carbocycles. The number of carbonyl (C=O) groups is 1. The van der Waals surface area contributed by atoms with Gasteiger partial charge in [0.15, 0.2) is 0 Å². The number of methoxy groups -OCH3 is 1. The SMILES string of the molecule is COC(=O)c1ccc(-c2cn(CC3CCCCCC3)c3cc(-c4c(C)noc4C)cnc23)cc1. The highest BCUT2D eigenvalue weighted by molar-refractivity contribution is 5.96. The highest BCUT2D eigenvalue weighted by Crippen LogP contribution is 2.35. The number of ether oxygens (including phenoxy) is 1. The third kappa shape index (κ3) is 4.25. The van der Waals surface area contributed by atoms with Crippen LogP contribution in [-0.4, -0.2) is 27.8 Å². The van der Waals surface area contributed by atoms with Gasteiger partial charge in [0.05, 0.1) is 29.4 Å². The lowest BCUT2D eigenvalue weighted by atomic mass is 10.0. The molecule has 5 rings (SSSR count). The Morgan fingerprint density at radius 2 is 1.82 bits per heavy atom. The number of fused-ring (bicyclic) bond motifs is 1. The molecule has 6 nitrogen and oxygen atoms in total. The van der Waals surface area contributed by atoms with Crippen LogP contribution in [0.1, 0.15) is 60.3 Å². The van der Waals surface area contributed by atoms with E-state index in [1.807, 2.05) is 44.3 Å². The van der Waals surface area contributed by atoms with Gasteiger partial charge in [-0.2, -0.15) is 0 Å². The van der Waals surface area contributed by atoms with Crippen molar-refractivity contribution in [2.24, 2.45) is 5.92 Å². The molecule has 3 aromatic heterocycles. The minimum Gasteiger partial charge on any atom is -0.465 e. The standard InChI is InChI=1S/C28H31N3O3/c1-18-26(19(2)34-30-18)23-14-25-27(29-15-23)24(21-10-12-22(13-11-21)28(32)33-3)17-31(25)16-20-8-6-4-5-7-9-20/h10-15,17,20H,4-9,16H2,1-3H3. The maximum absolute atomic E-state index is 11.9. The lowest BCUT2D eigenvalue weighted by Gasteiger charge is -2.16. The van der Waals surface area contributed by atoms with Crippen LogP contribution in [0, 0.1) is 19.8 Å². The summed E-state index contributed by atoms with van der Waals surface area (Å²) >= 11 is 0. The van der Waals surface area contributed by atoms with E-state index < -0.39 is 0 Å². The van der Waals surface area contributed by atoms with Crippen molar-refractivity contribution < 1.29 is 14.1 Å². The summed E-state index contributed by atoms with van der Waals surface area (Å²) in [6.07, 6.45) is 12.0. The van der Waals surface area contributed by atoms with Crippen LogP contribution in [0.3, 0.4) is 0 Å². The second-order valence-electron chi connectivity index (χ2n) is 9.41. The molecule has 0 unspecified atom stereocenters. The van der Waals surface area contributed by atoms with E-state index in [1.54, 1.807) is 0 Å². The van der Waals surface area contributed by atoms with E-state index in [1.165, 1.54) is 45.6 Å². The van der Waals surface area contributed by atoms with E-state index in [-0.39, 0.29) is 5.97 Å². The van der Waals surface area contributed by atoms with Crippen molar-refractivity contribution in [2.45, 2.75) is 58.9 Å². The minimum atomic E-state index is -0.329. The number of aryl methyl sites for hydroxylation is 2. The number of nitrogens with zero attached hydrogens (tertiary/aromatic N) is 3. The van der Waals surface area contributed by atoms with Crippen molar-refractivity contribution in [1.82, 2.24) is 14.7 Å². The maximum Gasteiger partial charge on any atom is 0.337 e. The van der Waals surface area contributed by atoms with E-state index in [9.17, 15) is 4.79 Å². The first-order chi connectivity index (χ1) is 16.5. The molecule has 6 heteroatoms. The fraction of sp³-hybridized carbons (Fsp3) is 0.393. The monoisotopic (exact) mass is 457 g/mol. The van der Waals surface area contributed by atoms with Gasteiger partial charge >= 0.3 is 5.97 Å². The van der Waals surface area contributed by atoms with Crippen LogP contribution in [0.2, 0.25) is 0 Å². The van der Waals surface area contributed by atoms with Gasteiger partial charge in [-0.1, -0.05) is 43.0 Å². The Morgan fingerprint density at radius 3 is 2.47 bits per heavy atom. The molecule has 1 fully saturated rings. The van der Waals surface area contributed by atoms with Crippen molar-refractivity contribution in [3.63, 3.8) is 0 Å². The highest BCUT2D eigenvalue weighted by Gasteiger charge is 2.20. The lowest BCUT2D eigenvalue weighted by Crippen LogP contribution is -2.09. The zero-order valence-electron chi connectivity index (χ0n) is 20.1. The third-order valence-corrected chi connectivity index (χ3v) is 7.09. The molecular weight excluding hydrogens is 426 g/mol. The topological polar surface area (TPSA) is 70.2 Å². The summed E-state index contributed by atoms with van der Waals surface area (Å²) in [5, 5.41) is 4.13. The molecule has 1 saturated carbocycles. The Kier molecular flexibility index (Phi) is 6.22. The average Bonchev–Trinajstić information content (AvgIpc) is 3.25. The van der Waals surface area contributed by atoms with E-state index in [2.05, 4.69) is 22.0 Å². The molecule has 3 heterocycles. The van der Waals surface area contributed by atoms with Crippen molar-refractivity contribution in [1.29, 1.82) is 0 Å². The van der Waals surface area contributed by atoms with Crippen LogP contribution in [0.25, 0.3) is 33.3 Å². The Hall–Kier alpha value is -3.41. The number of hydrogen-bond donors (Lipinski definition) is 0. The average molecular weight is 458 g/mol. The number of carbonyl (C=O) groups excluding carboxylic acids is 1. The quantitative estimate of drug-likeness (QED) is 0.245. The van der Waals surface area contributed by atoms with Crippen molar-refractivity contribution in [3.8, 4) is 22.3 Å². The maximum atomic E-state index is 11.9. The van der Waals surface area contributed by atoms with Gasteiger partial charge in [-0.15, -0.1) is 0 Å². The fourth-order valence-corrected chi connectivity index (χ4v) is 5.29. The van der Waals surface area contributed by atoms with Gasteiger partial charge in [-0.25, -0.2) is 4.79 Å². The highest BCUT2D eigenvalue weighted by atomic mass is 16.5. The van der Waals surface area contributed by atoms with Crippen LogP contribution >= 0.6 is 0 Å². The number of hydrogen-bond acceptors (Lipinski definition) is 5. The Labute approximate surface area is 199 Å². The number of esters is 1. The molecule has 0 saturated heterocycles. The van der Waals surface area contributed by atoms with Crippen molar-refractivity contribution >= 4 is 17.0 Å². The van der Waals surface area contributed by atoms with Gasteiger partial charge in [0.1, 0.15) is 5.76 Å². The van der Waals surface area contributed by atoms with E-state index in [0.29, 0.717) is 11.5 Å².